The maximum Gasteiger partial charge on any atom is 0.279 e. The largest absolute Gasteiger partial charge is 0.467 e. The van der Waals surface area contributed by atoms with Crippen LogP contribution in [0.5, 0.6) is 0 Å². The van der Waals surface area contributed by atoms with Gasteiger partial charge in [0.1, 0.15) is 5.76 Å². The molecule has 0 unspecified atom stereocenters. The van der Waals surface area contributed by atoms with Crippen LogP contribution >= 0.6 is 12.2 Å². The van der Waals surface area contributed by atoms with Crippen molar-refractivity contribution in [2.45, 2.75) is 25.4 Å². The first-order valence-electron chi connectivity index (χ1n) is 4.87. The molecule has 1 aliphatic rings. The SMILES string of the molecule is O=C(NCc1ccco1)C(=S)NC1CC1. The standard InChI is InChI=1S/C10H12N2O2S/c13-9(10(15)12-7-3-4-7)11-6-8-2-1-5-14-8/h1-2,5,7H,3-4,6H2,(H,11,13)(H,12,15). The number of carbonyl (C=O) groups is 1. The molecule has 1 heterocycles. The molecule has 4 nitrogen and oxygen atoms in total. The van der Waals surface area contributed by atoms with Crippen molar-refractivity contribution < 1.29 is 9.21 Å². The minimum Gasteiger partial charge on any atom is -0.467 e. The molecule has 2 N–H and O–H groups in total. The lowest BCUT2D eigenvalue weighted by atomic mass is 10.4. The molecule has 2 rings (SSSR count). The van der Waals surface area contributed by atoms with Crippen LogP contribution in [-0.4, -0.2) is 16.9 Å². The van der Waals surface area contributed by atoms with Crippen LogP contribution in [0.25, 0.3) is 0 Å². The highest BCUT2D eigenvalue weighted by Gasteiger charge is 2.23. The predicted octanol–water partition coefficient (Wildman–Crippen LogP) is 0.975. The molecule has 1 saturated carbocycles. The second-order valence-corrected chi connectivity index (χ2v) is 3.92. The average Bonchev–Trinajstić information content (AvgIpc) is 2.88. The Morgan fingerprint density at radius 1 is 1.60 bits per heavy atom. The molecule has 0 bridgehead atoms. The van der Waals surface area contributed by atoms with Crippen molar-refractivity contribution in [1.82, 2.24) is 10.6 Å². The average molecular weight is 224 g/mol. The van der Waals surface area contributed by atoms with Crippen LogP contribution in [0.4, 0.5) is 0 Å². The molecular formula is C10H12N2O2S. The van der Waals surface area contributed by atoms with E-state index in [0.29, 0.717) is 12.6 Å². The third-order valence-corrected chi connectivity index (χ3v) is 2.43. The first kappa shape index (κ1) is 10.2. The summed E-state index contributed by atoms with van der Waals surface area (Å²) in [6.07, 6.45) is 3.78. The molecule has 5 heteroatoms. The maximum absolute atomic E-state index is 11.4. The quantitative estimate of drug-likeness (QED) is 0.751. The molecule has 0 radical (unpaired) electrons. The Hall–Kier alpha value is -1.36. The van der Waals surface area contributed by atoms with Gasteiger partial charge in [-0.3, -0.25) is 4.79 Å². The minimum atomic E-state index is -0.242. The van der Waals surface area contributed by atoms with Crippen LogP contribution in [0.15, 0.2) is 22.8 Å². The van der Waals surface area contributed by atoms with E-state index in [1.54, 1.807) is 18.4 Å². The van der Waals surface area contributed by atoms with Gasteiger partial charge < -0.3 is 15.1 Å². The second kappa shape index (κ2) is 4.44. The number of nitrogens with one attached hydrogen (secondary N) is 2. The molecule has 80 valence electrons. The number of thiocarbonyl (C=S) groups is 1. The van der Waals surface area contributed by atoms with Crippen molar-refractivity contribution in [2.24, 2.45) is 0 Å². The smallest absolute Gasteiger partial charge is 0.279 e. The Kier molecular flexibility index (Phi) is 3.01. The molecular weight excluding hydrogens is 212 g/mol. The van der Waals surface area contributed by atoms with Crippen LogP contribution in [-0.2, 0) is 11.3 Å². The van der Waals surface area contributed by atoms with Crippen LogP contribution in [0, 0.1) is 0 Å². The van der Waals surface area contributed by atoms with E-state index in [0.717, 1.165) is 18.6 Å². The van der Waals surface area contributed by atoms with Crippen molar-refractivity contribution in [3.05, 3.63) is 24.2 Å². The van der Waals surface area contributed by atoms with Gasteiger partial charge in [0.05, 0.1) is 12.8 Å². The Morgan fingerprint density at radius 2 is 2.40 bits per heavy atom. The number of amides is 1. The summed E-state index contributed by atoms with van der Waals surface area (Å²) in [4.78, 5) is 11.7. The first-order chi connectivity index (χ1) is 7.25. The molecule has 1 aromatic heterocycles. The van der Waals surface area contributed by atoms with Crippen LogP contribution in [0.3, 0.4) is 0 Å². The molecule has 1 fully saturated rings. The number of furan rings is 1. The summed E-state index contributed by atoms with van der Waals surface area (Å²) in [5.74, 6) is 0.478. The Bertz CT molecular complexity index is 358. The van der Waals surface area contributed by atoms with Gasteiger partial charge in [0, 0.05) is 6.04 Å². The molecule has 0 spiro atoms. The van der Waals surface area contributed by atoms with E-state index < -0.39 is 0 Å². The number of carbonyl (C=O) groups excluding carboxylic acids is 1. The third kappa shape index (κ3) is 3.06. The summed E-state index contributed by atoms with van der Waals surface area (Å²) in [6.45, 7) is 0.373. The van der Waals surface area contributed by atoms with Crippen molar-refractivity contribution in [1.29, 1.82) is 0 Å². The normalized spacial score (nSPS) is 14.7. The molecule has 1 aliphatic carbocycles. The number of hydrogen-bond donors (Lipinski definition) is 2. The summed E-state index contributed by atoms with van der Waals surface area (Å²) in [6, 6.07) is 3.99. The highest BCUT2D eigenvalue weighted by atomic mass is 32.1. The Morgan fingerprint density at radius 3 is 3.00 bits per heavy atom. The zero-order chi connectivity index (χ0) is 10.7. The highest BCUT2D eigenvalue weighted by molar-refractivity contribution is 7.82. The van der Waals surface area contributed by atoms with Crippen LogP contribution in [0.2, 0.25) is 0 Å². The van der Waals surface area contributed by atoms with E-state index in [-0.39, 0.29) is 10.9 Å². The van der Waals surface area contributed by atoms with E-state index in [9.17, 15) is 4.79 Å². The molecule has 15 heavy (non-hydrogen) atoms. The third-order valence-electron chi connectivity index (χ3n) is 2.12. The molecule has 1 amide bonds. The molecule has 0 aliphatic heterocycles. The molecule has 0 atom stereocenters. The van der Waals surface area contributed by atoms with Gasteiger partial charge in [-0.15, -0.1) is 0 Å². The number of hydrogen-bond acceptors (Lipinski definition) is 3. The lowest BCUT2D eigenvalue weighted by Gasteiger charge is -2.06. The molecule has 0 aromatic carbocycles. The zero-order valence-electron chi connectivity index (χ0n) is 8.16. The summed E-state index contributed by atoms with van der Waals surface area (Å²) in [5.41, 5.74) is 0. The number of rotatable bonds is 3. The topological polar surface area (TPSA) is 54.3 Å². The van der Waals surface area contributed by atoms with E-state index >= 15 is 0 Å². The van der Waals surface area contributed by atoms with Gasteiger partial charge >= 0.3 is 0 Å². The first-order valence-corrected chi connectivity index (χ1v) is 5.27. The highest BCUT2D eigenvalue weighted by Crippen LogP contribution is 2.18. The predicted molar refractivity (Wildman–Crippen MR) is 59.3 cm³/mol. The van der Waals surface area contributed by atoms with Gasteiger partial charge in [0.2, 0.25) is 0 Å². The van der Waals surface area contributed by atoms with Crippen molar-refractivity contribution in [2.75, 3.05) is 0 Å². The summed E-state index contributed by atoms with van der Waals surface area (Å²) in [7, 11) is 0. The monoisotopic (exact) mass is 224 g/mol. The van der Waals surface area contributed by atoms with Crippen molar-refractivity contribution in [3.8, 4) is 0 Å². The van der Waals surface area contributed by atoms with Gasteiger partial charge in [-0.05, 0) is 25.0 Å². The lowest BCUT2D eigenvalue weighted by Crippen LogP contribution is -2.39. The fourth-order valence-electron chi connectivity index (χ4n) is 1.14. The van der Waals surface area contributed by atoms with Gasteiger partial charge in [-0.1, -0.05) is 12.2 Å². The van der Waals surface area contributed by atoms with Gasteiger partial charge in [0.25, 0.3) is 5.91 Å². The second-order valence-electron chi connectivity index (χ2n) is 3.51. The van der Waals surface area contributed by atoms with Gasteiger partial charge in [-0.25, -0.2) is 0 Å². The summed E-state index contributed by atoms with van der Waals surface area (Å²) < 4.78 is 5.08. The van der Waals surface area contributed by atoms with E-state index in [1.165, 1.54) is 0 Å². The van der Waals surface area contributed by atoms with E-state index in [4.69, 9.17) is 16.6 Å². The van der Waals surface area contributed by atoms with Crippen LogP contribution in [0.1, 0.15) is 18.6 Å². The van der Waals surface area contributed by atoms with Crippen LogP contribution < -0.4 is 10.6 Å². The van der Waals surface area contributed by atoms with Gasteiger partial charge in [0.15, 0.2) is 4.99 Å². The van der Waals surface area contributed by atoms with Crippen molar-refractivity contribution >= 4 is 23.1 Å². The van der Waals surface area contributed by atoms with Gasteiger partial charge in [-0.2, -0.15) is 0 Å². The maximum atomic E-state index is 11.4. The van der Waals surface area contributed by atoms with E-state index in [1.807, 2.05) is 0 Å². The molecule has 0 saturated heterocycles. The summed E-state index contributed by atoms with van der Waals surface area (Å²) in [5, 5.41) is 5.65. The Balaban J connectivity index is 1.73. The fourth-order valence-corrected chi connectivity index (χ4v) is 1.38. The summed E-state index contributed by atoms with van der Waals surface area (Å²) >= 11 is 4.93. The molecule has 1 aromatic rings. The Labute approximate surface area is 93.0 Å². The lowest BCUT2D eigenvalue weighted by molar-refractivity contribution is -0.115. The van der Waals surface area contributed by atoms with Crippen molar-refractivity contribution in [3.63, 3.8) is 0 Å². The fraction of sp³-hybridized carbons (Fsp3) is 0.400. The van der Waals surface area contributed by atoms with E-state index in [2.05, 4.69) is 10.6 Å². The zero-order valence-corrected chi connectivity index (χ0v) is 8.97. The minimum absolute atomic E-state index is 0.242.